The first-order valence-corrected chi connectivity index (χ1v) is 12.9. The van der Waals surface area contributed by atoms with Crippen LogP contribution in [-0.2, 0) is 34.4 Å². The summed E-state index contributed by atoms with van der Waals surface area (Å²) in [5.41, 5.74) is 3.58. The van der Waals surface area contributed by atoms with Gasteiger partial charge in [0.25, 0.3) is 5.56 Å². The van der Waals surface area contributed by atoms with E-state index in [0.29, 0.717) is 18.7 Å². The fourth-order valence-electron chi connectivity index (χ4n) is 4.72. The molecule has 3 aromatic rings. The molecule has 3 atom stereocenters. The number of pyridine rings is 1. The summed E-state index contributed by atoms with van der Waals surface area (Å²) in [6, 6.07) is 7.00. The van der Waals surface area contributed by atoms with E-state index in [1.165, 1.54) is 0 Å². The predicted molar refractivity (Wildman–Crippen MR) is 142 cm³/mol. The Hall–Kier alpha value is -3.01. The Labute approximate surface area is 217 Å². The van der Waals surface area contributed by atoms with Gasteiger partial charge in [-0.25, -0.2) is 4.98 Å². The van der Waals surface area contributed by atoms with Gasteiger partial charge in [-0.3, -0.25) is 14.9 Å². The number of hydrogen-bond acceptors (Lipinski definition) is 7. The van der Waals surface area contributed by atoms with Crippen LogP contribution in [0.5, 0.6) is 0 Å². The fourth-order valence-corrected chi connectivity index (χ4v) is 4.72. The van der Waals surface area contributed by atoms with Crippen LogP contribution in [0.15, 0.2) is 35.3 Å². The molecular formula is C28H38N4O5. The molecule has 0 radical (unpaired) electrons. The van der Waals surface area contributed by atoms with Gasteiger partial charge in [-0.05, 0) is 71.2 Å². The van der Waals surface area contributed by atoms with Gasteiger partial charge in [0.1, 0.15) is 17.5 Å². The molecule has 1 aliphatic heterocycles. The van der Waals surface area contributed by atoms with Crippen molar-refractivity contribution in [3.63, 3.8) is 0 Å². The van der Waals surface area contributed by atoms with Gasteiger partial charge >= 0.3 is 5.97 Å². The number of carbonyl (C=O) groups is 1. The van der Waals surface area contributed by atoms with E-state index in [4.69, 9.17) is 14.5 Å². The standard InChI is InChI=1S/C28H38N4O5/c1-17-12-20(15-31(6)26(17)34)25-30-22-10-9-19(13-23(22)32(25)16-21-8-7-11-36-21)14-29-24(18(2)33)27(35)37-28(3,4)5/h9-10,12-13,15,18,21,24,29,33H,7-8,11,14,16H2,1-6H3/t18?,21-,24?/m0/s1. The number of aryl methyl sites for hydroxylation is 2. The summed E-state index contributed by atoms with van der Waals surface area (Å²) in [7, 11) is 1.75. The summed E-state index contributed by atoms with van der Waals surface area (Å²) in [5.74, 6) is 0.296. The Balaban J connectivity index is 1.68. The third kappa shape index (κ3) is 6.29. The van der Waals surface area contributed by atoms with E-state index >= 15 is 0 Å². The predicted octanol–water partition coefficient (Wildman–Crippen LogP) is 3.07. The Bertz CT molecular complexity index is 1300. The number of hydrogen-bond donors (Lipinski definition) is 2. The fraction of sp³-hybridized carbons (Fsp3) is 0.536. The topological polar surface area (TPSA) is 108 Å². The number of imidazole rings is 1. The SMILES string of the molecule is Cc1cc(-c2nc3ccc(CNC(C(=O)OC(C)(C)C)C(C)O)cc3n2C[C@@H]2CCCO2)cn(C)c1=O. The van der Waals surface area contributed by atoms with Crippen molar-refractivity contribution < 1.29 is 19.4 Å². The molecule has 1 aromatic carbocycles. The van der Waals surface area contributed by atoms with Crippen LogP contribution in [0.25, 0.3) is 22.4 Å². The molecule has 1 fully saturated rings. The third-order valence-corrected chi connectivity index (χ3v) is 6.51. The van der Waals surface area contributed by atoms with Gasteiger partial charge < -0.3 is 23.7 Å². The van der Waals surface area contributed by atoms with Crippen molar-refractivity contribution in [1.82, 2.24) is 19.4 Å². The number of benzene rings is 1. The van der Waals surface area contributed by atoms with Crippen LogP contribution < -0.4 is 10.9 Å². The zero-order valence-corrected chi connectivity index (χ0v) is 22.6. The van der Waals surface area contributed by atoms with Crippen LogP contribution in [0.4, 0.5) is 0 Å². The van der Waals surface area contributed by atoms with E-state index < -0.39 is 23.7 Å². The number of rotatable bonds is 8. The number of fused-ring (bicyclic) bond motifs is 1. The molecule has 200 valence electrons. The highest BCUT2D eigenvalue weighted by atomic mass is 16.6. The molecule has 9 heteroatoms. The van der Waals surface area contributed by atoms with Gasteiger partial charge in [-0.1, -0.05) is 6.07 Å². The second-order valence-corrected chi connectivity index (χ2v) is 11.0. The van der Waals surface area contributed by atoms with Crippen molar-refractivity contribution in [1.29, 1.82) is 0 Å². The summed E-state index contributed by atoms with van der Waals surface area (Å²) in [4.78, 5) is 29.8. The van der Waals surface area contributed by atoms with Gasteiger partial charge in [0.2, 0.25) is 0 Å². The lowest BCUT2D eigenvalue weighted by atomic mass is 10.1. The van der Waals surface area contributed by atoms with Crippen molar-refractivity contribution in [2.45, 2.75) is 84.4 Å². The molecule has 2 unspecified atom stereocenters. The van der Waals surface area contributed by atoms with Gasteiger partial charge in [0, 0.05) is 37.5 Å². The zero-order valence-electron chi connectivity index (χ0n) is 22.6. The molecule has 9 nitrogen and oxygen atoms in total. The number of carbonyl (C=O) groups excluding carboxylic acids is 1. The number of aliphatic hydroxyl groups is 1. The maximum atomic E-state index is 12.6. The lowest BCUT2D eigenvalue weighted by Crippen LogP contribution is -2.47. The summed E-state index contributed by atoms with van der Waals surface area (Å²) in [6.45, 7) is 10.6. The summed E-state index contributed by atoms with van der Waals surface area (Å²) >= 11 is 0. The molecule has 2 N–H and O–H groups in total. The maximum absolute atomic E-state index is 12.6. The van der Waals surface area contributed by atoms with Crippen molar-refractivity contribution in [3.8, 4) is 11.4 Å². The van der Waals surface area contributed by atoms with Crippen molar-refractivity contribution in [2.24, 2.45) is 7.05 Å². The molecule has 0 bridgehead atoms. The first-order valence-electron chi connectivity index (χ1n) is 12.9. The molecule has 3 heterocycles. The quantitative estimate of drug-likeness (QED) is 0.449. The van der Waals surface area contributed by atoms with E-state index in [0.717, 1.165) is 47.4 Å². The molecule has 1 aliphatic rings. The molecule has 2 aromatic heterocycles. The molecule has 1 saturated heterocycles. The largest absolute Gasteiger partial charge is 0.459 e. The Kier molecular flexibility index (Phi) is 7.87. The Morgan fingerprint density at radius 3 is 2.70 bits per heavy atom. The number of esters is 1. The van der Waals surface area contributed by atoms with Crippen molar-refractivity contribution in [2.75, 3.05) is 6.61 Å². The van der Waals surface area contributed by atoms with Crippen LogP contribution in [0.2, 0.25) is 0 Å². The molecule has 4 rings (SSSR count). The molecule has 0 amide bonds. The molecule has 0 saturated carbocycles. The monoisotopic (exact) mass is 510 g/mol. The first-order chi connectivity index (χ1) is 17.4. The summed E-state index contributed by atoms with van der Waals surface area (Å²) < 4.78 is 15.2. The highest BCUT2D eigenvalue weighted by molar-refractivity contribution is 5.81. The minimum absolute atomic E-state index is 0.0310. The van der Waals surface area contributed by atoms with Crippen LogP contribution in [0, 0.1) is 6.92 Å². The second-order valence-electron chi connectivity index (χ2n) is 11.0. The minimum atomic E-state index is -0.914. The lowest BCUT2D eigenvalue weighted by molar-refractivity contribution is -0.160. The van der Waals surface area contributed by atoms with Gasteiger partial charge in [0.15, 0.2) is 0 Å². The number of aromatic nitrogens is 3. The number of ether oxygens (including phenoxy) is 2. The first kappa shape index (κ1) is 27.0. The molecule has 0 aliphatic carbocycles. The maximum Gasteiger partial charge on any atom is 0.326 e. The number of aliphatic hydroxyl groups excluding tert-OH is 1. The Morgan fingerprint density at radius 2 is 2.08 bits per heavy atom. The van der Waals surface area contributed by atoms with Gasteiger partial charge in [0.05, 0.1) is 29.8 Å². The lowest BCUT2D eigenvalue weighted by Gasteiger charge is -2.26. The van der Waals surface area contributed by atoms with Crippen molar-refractivity contribution in [3.05, 3.63) is 51.9 Å². The third-order valence-electron chi connectivity index (χ3n) is 6.51. The van der Waals surface area contributed by atoms with Crippen LogP contribution in [-0.4, -0.2) is 55.7 Å². The van der Waals surface area contributed by atoms with Crippen LogP contribution in [0.1, 0.15) is 51.7 Å². The van der Waals surface area contributed by atoms with E-state index in [2.05, 4.69) is 16.0 Å². The smallest absolute Gasteiger partial charge is 0.326 e. The highest BCUT2D eigenvalue weighted by Gasteiger charge is 2.29. The average Bonchev–Trinajstić information content (AvgIpc) is 3.44. The number of nitrogens with one attached hydrogen (secondary N) is 1. The highest BCUT2D eigenvalue weighted by Crippen LogP contribution is 2.28. The van der Waals surface area contributed by atoms with Crippen molar-refractivity contribution >= 4 is 17.0 Å². The van der Waals surface area contributed by atoms with Gasteiger partial charge in [-0.2, -0.15) is 0 Å². The van der Waals surface area contributed by atoms with E-state index in [-0.39, 0.29) is 11.7 Å². The van der Waals surface area contributed by atoms with E-state index in [1.807, 2.05) is 31.3 Å². The average molecular weight is 511 g/mol. The Morgan fingerprint density at radius 1 is 1.32 bits per heavy atom. The molecule has 0 spiro atoms. The minimum Gasteiger partial charge on any atom is -0.459 e. The van der Waals surface area contributed by atoms with E-state index in [9.17, 15) is 14.7 Å². The van der Waals surface area contributed by atoms with Gasteiger partial charge in [-0.15, -0.1) is 0 Å². The van der Waals surface area contributed by atoms with E-state index in [1.54, 1.807) is 39.3 Å². The normalized spacial score (nSPS) is 17.8. The zero-order chi connectivity index (χ0) is 26.9. The molecular weight excluding hydrogens is 472 g/mol. The summed E-state index contributed by atoms with van der Waals surface area (Å²) in [5, 5.41) is 13.4. The molecule has 37 heavy (non-hydrogen) atoms. The second kappa shape index (κ2) is 10.8. The summed E-state index contributed by atoms with van der Waals surface area (Å²) in [6.07, 6.45) is 3.02. The number of nitrogens with zero attached hydrogens (tertiary/aromatic N) is 3. The van der Waals surface area contributed by atoms with Crippen LogP contribution >= 0.6 is 0 Å². The van der Waals surface area contributed by atoms with Crippen LogP contribution in [0.3, 0.4) is 0 Å².